The van der Waals surface area contributed by atoms with Crippen LogP contribution in [0.15, 0.2) is 47.6 Å². The zero-order chi connectivity index (χ0) is 17.5. The summed E-state index contributed by atoms with van der Waals surface area (Å²) >= 11 is 0. The van der Waals surface area contributed by atoms with E-state index in [1.807, 2.05) is 43.4 Å². The molecule has 3 rings (SSSR count). The van der Waals surface area contributed by atoms with Crippen molar-refractivity contribution in [2.75, 3.05) is 26.7 Å². The summed E-state index contributed by atoms with van der Waals surface area (Å²) in [5.41, 5.74) is 0.968. The number of hydrogen-bond donors (Lipinski definition) is 1. The molecule has 1 aromatic heterocycles. The highest BCUT2D eigenvalue weighted by atomic mass is 16.5. The highest BCUT2D eigenvalue weighted by Crippen LogP contribution is 2.31. The third kappa shape index (κ3) is 4.41. The summed E-state index contributed by atoms with van der Waals surface area (Å²) in [7, 11) is 2.03. The molecule has 0 amide bonds. The van der Waals surface area contributed by atoms with Crippen LogP contribution < -0.4 is 14.8 Å². The molecule has 0 bridgehead atoms. The third-order valence-corrected chi connectivity index (χ3v) is 3.86. The molecule has 0 radical (unpaired) electrons. The number of aliphatic imine (C=N–C) groups is 1. The van der Waals surface area contributed by atoms with Gasteiger partial charge in [0.05, 0.1) is 13.2 Å². The van der Waals surface area contributed by atoms with E-state index in [4.69, 9.17) is 9.47 Å². The highest BCUT2D eigenvalue weighted by Gasteiger charge is 2.14. The zero-order valence-corrected chi connectivity index (χ0v) is 14.7. The Balaban J connectivity index is 1.73. The Labute approximate surface area is 148 Å². The van der Waals surface area contributed by atoms with Gasteiger partial charge < -0.3 is 19.7 Å². The Bertz CT molecular complexity index is 733. The van der Waals surface area contributed by atoms with Crippen LogP contribution in [-0.2, 0) is 6.54 Å². The second-order valence-corrected chi connectivity index (χ2v) is 5.85. The van der Waals surface area contributed by atoms with Gasteiger partial charge in [-0.2, -0.15) is 0 Å². The van der Waals surface area contributed by atoms with Crippen molar-refractivity contribution in [2.24, 2.45) is 4.99 Å². The number of benzene rings is 1. The predicted molar refractivity (Wildman–Crippen MR) is 98.3 cm³/mol. The number of nitrogens with zero attached hydrogens (tertiary/aromatic N) is 3. The topological polar surface area (TPSA) is 59.0 Å². The minimum Gasteiger partial charge on any atom is -0.490 e. The van der Waals surface area contributed by atoms with Gasteiger partial charge in [0.2, 0.25) is 5.88 Å². The molecule has 2 heterocycles. The molecule has 0 aliphatic carbocycles. The smallest absolute Gasteiger partial charge is 0.224 e. The lowest BCUT2D eigenvalue weighted by atomic mass is 10.2. The number of likely N-dealkylation sites (N-methyl/N-ethyl adjacent to an activating group) is 1. The van der Waals surface area contributed by atoms with Crippen molar-refractivity contribution in [1.82, 2.24) is 15.2 Å². The largest absolute Gasteiger partial charge is 0.490 e. The van der Waals surface area contributed by atoms with Crippen LogP contribution in [0.5, 0.6) is 17.4 Å². The van der Waals surface area contributed by atoms with Gasteiger partial charge in [0.15, 0.2) is 17.5 Å². The van der Waals surface area contributed by atoms with Crippen LogP contribution in [0, 0.1) is 0 Å². The zero-order valence-electron chi connectivity index (χ0n) is 14.7. The molecule has 1 aromatic carbocycles. The van der Waals surface area contributed by atoms with Crippen LogP contribution in [0.4, 0.5) is 0 Å². The highest BCUT2D eigenvalue weighted by molar-refractivity contribution is 5.81. The van der Waals surface area contributed by atoms with Crippen LogP contribution in [0.25, 0.3) is 0 Å². The maximum atomic E-state index is 6.05. The first-order valence-corrected chi connectivity index (χ1v) is 8.61. The quantitative estimate of drug-likeness (QED) is 0.839. The summed E-state index contributed by atoms with van der Waals surface area (Å²) in [6, 6.07) is 11.6. The lowest BCUT2D eigenvalue weighted by molar-refractivity contribution is 0.300. The van der Waals surface area contributed by atoms with Gasteiger partial charge in [-0.25, -0.2) is 4.98 Å². The number of aromatic nitrogens is 1. The van der Waals surface area contributed by atoms with Gasteiger partial charge in [0.25, 0.3) is 0 Å². The first-order chi connectivity index (χ1) is 12.3. The van der Waals surface area contributed by atoms with E-state index in [0.29, 0.717) is 24.8 Å². The second-order valence-electron chi connectivity index (χ2n) is 5.85. The fraction of sp³-hybridized carbons (Fsp3) is 0.368. The minimum absolute atomic E-state index is 0.573. The average Bonchev–Trinajstić information content (AvgIpc) is 3.05. The summed E-state index contributed by atoms with van der Waals surface area (Å²) < 4.78 is 11.8. The lowest BCUT2D eigenvalue weighted by Crippen LogP contribution is -2.35. The Kier molecular flexibility index (Phi) is 5.72. The predicted octanol–water partition coefficient (Wildman–Crippen LogP) is 3.05. The molecule has 1 aliphatic rings. The number of pyridine rings is 1. The van der Waals surface area contributed by atoms with Gasteiger partial charge >= 0.3 is 0 Å². The molecule has 132 valence electrons. The van der Waals surface area contributed by atoms with Gasteiger partial charge in [0.1, 0.15) is 0 Å². The lowest BCUT2D eigenvalue weighted by Gasteiger charge is -2.17. The Morgan fingerprint density at radius 2 is 2.00 bits per heavy atom. The SMILES string of the molecule is CCCOc1ccccc1Oc1ncccc1CNC1=NCCN1C. The van der Waals surface area contributed by atoms with Gasteiger partial charge in [-0.15, -0.1) is 0 Å². The maximum Gasteiger partial charge on any atom is 0.224 e. The summed E-state index contributed by atoms with van der Waals surface area (Å²) in [5.74, 6) is 2.88. The number of hydrogen-bond acceptors (Lipinski definition) is 6. The van der Waals surface area contributed by atoms with Crippen molar-refractivity contribution in [3.8, 4) is 17.4 Å². The van der Waals surface area contributed by atoms with E-state index in [1.54, 1.807) is 6.20 Å². The van der Waals surface area contributed by atoms with Crippen LogP contribution in [-0.4, -0.2) is 42.6 Å². The molecule has 0 spiro atoms. The minimum atomic E-state index is 0.573. The first kappa shape index (κ1) is 17.1. The second kappa shape index (κ2) is 8.37. The van der Waals surface area contributed by atoms with Gasteiger partial charge in [-0.3, -0.25) is 4.99 Å². The summed E-state index contributed by atoms with van der Waals surface area (Å²) in [6.45, 7) is 5.11. The first-order valence-electron chi connectivity index (χ1n) is 8.61. The molecule has 0 saturated carbocycles. The Morgan fingerprint density at radius 1 is 1.16 bits per heavy atom. The summed E-state index contributed by atoms with van der Waals surface area (Å²) in [5, 5.41) is 3.35. The molecule has 6 heteroatoms. The van der Waals surface area contributed by atoms with Crippen molar-refractivity contribution in [2.45, 2.75) is 19.9 Å². The molecular weight excluding hydrogens is 316 g/mol. The van der Waals surface area contributed by atoms with E-state index in [1.165, 1.54) is 0 Å². The Morgan fingerprint density at radius 3 is 2.76 bits per heavy atom. The van der Waals surface area contributed by atoms with Crippen LogP contribution in [0.3, 0.4) is 0 Å². The van der Waals surface area contributed by atoms with Crippen molar-refractivity contribution in [3.63, 3.8) is 0 Å². The molecule has 0 atom stereocenters. The van der Waals surface area contributed by atoms with E-state index in [9.17, 15) is 0 Å². The molecule has 1 N–H and O–H groups in total. The number of nitrogens with one attached hydrogen (secondary N) is 1. The summed E-state index contributed by atoms with van der Waals surface area (Å²) in [6.07, 6.45) is 2.68. The van der Waals surface area contributed by atoms with Crippen molar-refractivity contribution < 1.29 is 9.47 Å². The number of guanidine groups is 1. The maximum absolute atomic E-state index is 6.05. The fourth-order valence-corrected chi connectivity index (χ4v) is 2.52. The van der Waals surface area contributed by atoms with Crippen molar-refractivity contribution in [1.29, 1.82) is 0 Å². The molecule has 0 fully saturated rings. The van der Waals surface area contributed by atoms with E-state index in [0.717, 1.165) is 36.8 Å². The normalized spacial score (nSPS) is 13.5. The number of ether oxygens (including phenoxy) is 2. The molecule has 6 nitrogen and oxygen atoms in total. The van der Waals surface area contributed by atoms with Crippen molar-refractivity contribution >= 4 is 5.96 Å². The van der Waals surface area contributed by atoms with E-state index in [2.05, 4.69) is 27.1 Å². The number of para-hydroxylation sites is 2. The van der Waals surface area contributed by atoms with E-state index >= 15 is 0 Å². The molecular formula is C19H24N4O2. The number of rotatable bonds is 7. The van der Waals surface area contributed by atoms with Crippen LogP contribution in [0.1, 0.15) is 18.9 Å². The van der Waals surface area contributed by atoms with E-state index in [-0.39, 0.29) is 0 Å². The monoisotopic (exact) mass is 340 g/mol. The molecule has 0 unspecified atom stereocenters. The van der Waals surface area contributed by atoms with E-state index < -0.39 is 0 Å². The average molecular weight is 340 g/mol. The van der Waals surface area contributed by atoms with Gasteiger partial charge in [0, 0.05) is 31.9 Å². The molecule has 0 saturated heterocycles. The Hall–Kier alpha value is -2.76. The fourth-order valence-electron chi connectivity index (χ4n) is 2.52. The van der Waals surface area contributed by atoms with Crippen molar-refractivity contribution in [3.05, 3.63) is 48.2 Å². The molecule has 1 aliphatic heterocycles. The van der Waals surface area contributed by atoms with Crippen LogP contribution in [0.2, 0.25) is 0 Å². The summed E-state index contributed by atoms with van der Waals surface area (Å²) in [4.78, 5) is 10.9. The molecule has 25 heavy (non-hydrogen) atoms. The van der Waals surface area contributed by atoms with Crippen LogP contribution >= 0.6 is 0 Å². The van der Waals surface area contributed by atoms with Gasteiger partial charge in [-0.1, -0.05) is 25.1 Å². The van der Waals surface area contributed by atoms with Gasteiger partial charge in [-0.05, 0) is 24.6 Å². The standard InChI is InChI=1S/C19H24N4O2/c1-3-13-24-16-8-4-5-9-17(16)25-18-15(7-6-10-20-18)14-22-19-21-11-12-23(19)2/h4-10H,3,11-14H2,1-2H3,(H,21,22). The third-order valence-electron chi connectivity index (χ3n) is 3.86. The molecule has 2 aromatic rings.